The van der Waals surface area contributed by atoms with Crippen molar-refractivity contribution in [2.75, 3.05) is 58.9 Å². The van der Waals surface area contributed by atoms with Gasteiger partial charge >= 0.3 is 6.03 Å². The van der Waals surface area contributed by atoms with Crippen LogP contribution in [0.4, 0.5) is 4.79 Å². The van der Waals surface area contributed by atoms with Gasteiger partial charge in [0.1, 0.15) is 0 Å². The Hall–Kier alpha value is -1.54. The minimum absolute atomic E-state index is 0. The van der Waals surface area contributed by atoms with Gasteiger partial charge in [0.2, 0.25) is 11.8 Å². The number of likely N-dealkylation sites (tertiary alicyclic amines) is 3. The van der Waals surface area contributed by atoms with E-state index in [1.807, 2.05) is 19.6 Å². The number of carbonyl (C=O) groups excluding carboxylic acids is 3. The lowest BCUT2D eigenvalue weighted by Gasteiger charge is -2.43. The quantitative estimate of drug-likeness (QED) is 0.705. The molecule has 4 amide bonds. The number of nitrogens with zero attached hydrogens (tertiary/aromatic N) is 4. The van der Waals surface area contributed by atoms with Gasteiger partial charge in [0, 0.05) is 58.4 Å². The molecule has 0 radical (unpaired) electrons. The molecule has 1 N–H and O–H groups in total. The van der Waals surface area contributed by atoms with Crippen LogP contribution in [-0.2, 0) is 9.59 Å². The Balaban J connectivity index is 0.00000240. The Bertz CT molecular complexity index is 613. The maximum absolute atomic E-state index is 13.2. The van der Waals surface area contributed by atoms with Crippen LogP contribution in [0.2, 0.25) is 0 Å². The van der Waals surface area contributed by atoms with E-state index in [1.165, 1.54) is 0 Å². The van der Waals surface area contributed by atoms with Crippen LogP contribution in [0.3, 0.4) is 0 Å². The number of hydrogen-bond acceptors (Lipinski definition) is 4. The van der Waals surface area contributed by atoms with Crippen LogP contribution in [0.15, 0.2) is 0 Å². The van der Waals surface area contributed by atoms with E-state index in [-0.39, 0.29) is 42.2 Å². The van der Waals surface area contributed by atoms with Gasteiger partial charge in [0.05, 0.1) is 12.5 Å². The van der Waals surface area contributed by atoms with Crippen molar-refractivity contribution in [3.05, 3.63) is 0 Å². The van der Waals surface area contributed by atoms with E-state index >= 15 is 0 Å². The zero-order valence-electron chi connectivity index (χ0n) is 17.2. The number of nitrogens with one attached hydrogen (secondary N) is 1. The van der Waals surface area contributed by atoms with Crippen molar-refractivity contribution in [1.29, 1.82) is 0 Å². The lowest BCUT2D eigenvalue weighted by molar-refractivity contribution is -0.143. The predicted octanol–water partition coefficient (Wildman–Crippen LogP) is 0.759. The lowest BCUT2D eigenvalue weighted by Crippen LogP contribution is -2.58. The highest BCUT2D eigenvalue weighted by Gasteiger charge is 2.37. The molecule has 0 aromatic rings. The highest BCUT2D eigenvalue weighted by Crippen LogP contribution is 2.24. The molecule has 2 atom stereocenters. The van der Waals surface area contributed by atoms with Crippen molar-refractivity contribution in [2.45, 2.75) is 44.6 Å². The molecule has 4 aliphatic rings. The summed E-state index contributed by atoms with van der Waals surface area (Å²) in [4.78, 5) is 45.9. The van der Waals surface area contributed by atoms with Crippen molar-refractivity contribution in [3.63, 3.8) is 0 Å². The lowest BCUT2D eigenvalue weighted by atomic mass is 9.94. The Morgan fingerprint density at radius 3 is 2.28 bits per heavy atom. The number of halogens is 1. The monoisotopic (exact) mass is 427 g/mol. The minimum Gasteiger partial charge on any atom is -0.340 e. The predicted molar refractivity (Wildman–Crippen MR) is 112 cm³/mol. The number of urea groups is 1. The molecule has 4 saturated heterocycles. The summed E-state index contributed by atoms with van der Waals surface area (Å²) in [6.45, 7) is 6.37. The molecule has 8 nitrogen and oxygen atoms in total. The minimum atomic E-state index is -0.0993. The molecule has 4 heterocycles. The molecule has 164 valence electrons. The Morgan fingerprint density at radius 1 is 0.828 bits per heavy atom. The van der Waals surface area contributed by atoms with E-state index < -0.39 is 0 Å². The Kier molecular flexibility index (Phi) is 7.62. The summed E-state index contributed by atoms with van der Waals surface area (Å²) in [5.41, 5.74) is 0. The standard InChI is InChI=1S/C20H33N5O3.ClH/c26-18-13-21-7-12-25(18)17-6-4-10-23(15-17)19(27)16-5-3-11-24(14-16)20(28)22-8-1-2-9-22;/h16-17,21H,1-15H2;1H. The van der Waals surface area contributed by atoms with Crippen molar-refractivity contribution >= 4 is 30.3 Å². The zero-order valence-corrected chi connectivity index (χ0v) is 18.0. The maximum atomic E-state index is 13.2. The van der Waals surface area contributed by atoms with Gasteiger partial charge in [-0.25, -0.2) is 4.79 Å². The number of piperazine rings is 1. The highest BCUT2D eigenvalue weighted by molar-refractivity contribution is 5.85. The molecule has 4 aliphatic heterocycles. The van der Waals surface area contributed by atoms with Crippen molar-refractivity contribution < 1.29 is 14.4 Å². The fraction of sp³-hybridized carbons (Fsp3) is 0.850. The Morgan fingerprint density at radius 2 is 1.52 bits per heavy atom. The van der Waals surface area contributed by atoms with E-state index in [1.54, 1.807) is 0 Å². The number of piperidine rings is 2. The maximum Gasteiger partial charge on any atom is 0.320 e. The number of amides is 4. The van der Waals surface area contributed by atoms with Crippen molar-refractivity contribution in [1.82, 2.24) is 24.9 Å². The van der Waals surface area contributed by atoms with Gasteiger partial charge in [-0.1, -0.05) is 0 Å². The largest absolute Gasteiger partial charge is 0.340 e. The average Bonchev–Trinajstić information content (AvgIpc) is 3.28. The second-order valence-corrected chi connectivity index (χ2v) is 8.61. The van der Waals surface area contributed by atoms with Crippen LogP contribution in [0.1, 0.15) is 38.5 Å². The fourth-order valence-corrected chi connectivity index (χ4v) is 5.14. The molecule has 9 heteroatoms. The van der Waals surface area contributed by atoms with Crippen LogP contribution in [0.5, 0.6) is 0 Å². The Labute approximate surface area is 179 Å². The molecular weight excluding hydrogens is 394 g/mol. The van der Waals surface area contributed by atoms with Gasteiger partial charge in [-0.15, -0.1) is 12.4 Å². The third-order valence-electron chi connectivity index (χ3n) is 6.69. The van der Waals surface area contributed by atoms with E-state index in [4.69, 9.17) is 0 Å². The first kappa shape index (κ1) is 22.2. The first-order valence-electron chi connectivity index (χ1n) is 11.0. The summed E-state index contributed by atoms with van der Waals surface area (Å²) in [7, 11) is 0. The smallest absolute Gasteiger partial charge is 0.320 e. The van der Waals surface area contributed by atoms with Crippen LogP contribution in [-0.4, -0.2) is 102 Å². The summed E-state index contributed by atoms with van der Waals surface area (Å²) in [6, 6.07) is 0.246. The fourth-order valence-electron chi connectivity index (χ4n) is 5.14. The molecular formula is C20H34ClN5O3. The number of rotatable bonds is 2. The normalized spacial score (nSPS) is 28.3. The van der Waals surface area contributed by atoms with E-state index in [0.717, 1.165) is 77.8 Å². The van der Waals surface area contributed by atoms with E-state index in [2.05, 4.69) is 5.32 Å². The van der Waals surface area contributed by atoms with Gasteiger partial charge in [-0.2, -0.15) is 0 Å². The topological polar surface area (TPSA) is 76.2 Å². The van der Waals surface area contributed by atoms with E-state index in [0.29, 0.717) is 19.6 Å². The summed E-state index contributed by atoms with van der Waals surface area (Å²) in [5, 5.41) is 3.11. The average molecular weight is 428 g/mol. The molecule has 0 spiro atoms. The highest BCUT2D eigenvalue weighted by atomic mass is 35.5. The molecule has 29 heavy (non-hydrogen) atoms. The van der Waals surface area contributed by atoms with E-state index in [9.17, 15) is 14.4 Å². The zero-order chi connectivity index (χ0) is 19.5. The van der Waals surface area contributed by atoms with Gasteiger partial charge in [-0.05, 0) is 38.5 Å². The third-order valence-corrected chi connectivity index (χ3v) is 6.69. The second-order valence-electron chi connectivity index (χ2n) is 8.61. The van der Waals surface area contributed by atoms with Gasteiger partial charge < -0.3 is 24.9 Å². The summed E-state index contributed by atoms with van der Waals surface area (Å²) < 4.78 is 0. The van der Waals surface area contributed by atoms with Gasteiger partial charge in [0.25, 0.3) is 0 Å². The third kappa shape index (κ3) is 4.97. The second kappa shape index (κ2) is 9.98. The molecule has 0 saturated carbocycles. The van der Waals surface area contributed by atoms with Crippen molar-refractivity contribution in [2.24, 2.45) is 5.92 Å². The summed E-state index contributed by atoms with van der Waals surface area (Å²) in [5.74, 6) is 0.217. The molecule has 0 aromatic carbocycles. The number of hydrogen-bond donors (Lipinski definition) is 1. The van der Waals surface area contributed by atoms with Crippen LogP contribution >= 0.6 is 12.4 Å². The first-order chi connectivity index (χ1) is 13.6. The van der Waals surface area contributed by atoms with Crippen LogP contribution < -0.4 is 5.32 Å². The molecule has 0 aromatic heterocycles. The summed E-state index contributed by atoms with van der Waals surface area (Å²) in [6.07, 6.45) is 5.83. The molecule has 4 rings (SSSR count). The van der Waals surface area contributed by atoms with Crippen molar-refractivity contribution in [3.8, 4) is 0 Å². The molecule has 4 fully saturated rings. The first-order valence-corrected chi connectivity index (χ1v) is 11.0. The van der Waals surface area contributed by atoms with Crippen LogP contribution in [0, 0.1) is 5.92 Å². The van der Waals surface area contributed by atoms with Gasteiger partial charge in [0.15, 0.2) is 0 Å². The molecule has 2 unspecified atom stereocenters. The molecule has 0 bridgehead atoms. The number of carbonyl (C=O) groups is 3. The van der Waals surface area contributed by atoms with Crippen LogP contribution in [0.25, 0.3) is 0 Å². The SMILES string of the molecule is Cl.O=C(C1CCCN(C(=O)N2CCCC2)C1)N1CCCC(N2CCNCC2=O)C1. The van der Waals surface area contributed by atoms with Gasteiger partial charge in [-0.3, -0.25) is 9.59 Å². The molecule has 0 aliphatic carbocycles. The summed E-state index contributed by atoms with van der Waals surface area (Å²) >= 11 is 0.